The number of esters is 3. The van der Waals surface area contributed by atoms with Crippen LogP contribution >= 0.6 is 0 Å². The van der Waals surface area contributed by atoms with E-state index in [1.165, 1.54) is 244 Å². The fraction of sp³-hybridized carbons (Fsp3) is 0.845. The molecule has 0 aliphatic rings. The molecule has 0 saturated heterocycles. The number of carbonyl (C=O) groups is 3. The van der Waals surface area contributed by atoms with E-state index in [2.05, 4.69) is 69.4 Å². The molecular weight excluding hydrogens is 949 g/mol. The van der Waals surface area contributed by atoms with Crippen LogP contribution in [0.3, 0.4) is 0 Å². The summed E-state index contributed by atoms with van der Waals surface area (Å²) in [6.45, 7) is 6.59. The molecule has 6 nitrogen and oxygen atoms in total. The van der Waals surface area contributed by atoms with Gasteiger partial charge in [-0.25, -0.2) is 0 Å². The topological polar surface area (TPSA) is 78.9 Å². The van der Waals surface area contributed by atoms with Gasteiger partial charge in [0, 0.05) is 19.3 Å². The number of unbranched alkanes of at least 4 members (excludes halogenated alkanes) is 44. The van der Waals surface area contributed by atoms with Gasteiger partial charge in [0.05, 0.1) is 0 Å². The van der Waals surface area contributed by atoms with Crippen molar-refractivity contribution in [3.8, 4) is 0 Å². The lowest BCUT2D eigenvalue weighted by Crippen LogP contribution is -2.30. The van der Waals surface area contributed by atoms with Crippen LogP contribution < -0.4 is 0 Å². The van der Waals surface area contributed by atoms with Crippen molar-refractivity contribution in [2.45, 2.75) is 374 Å². The molecule has 0 saturated carbocycles. The van der Waals surface area contributed by atoms with Crippen LogP contribution in [0.1, 0.15) is 367 Å². The number of carbonyl (C=O) groups excluding carboxylic acids is 3. The van der Waals surface area contributed by atoms with E-state index >= 15 is 0 Å². The first kappa shape index (κ1) is 74.4. The smallest absolute Gasteiger partial charge is 0.306 e. The lowest BCUT2D eigenvalue weighted by atomic mass is 10.0. The Bertz CT molecular complexity index is 1330. The van der Waals surface area contributed by atoms with Gasteiger partial charge in [-0.3, -0.25) is 14.4 Å². The van der Waals surface area contributed by atoms with Crippen LogP contribution in [0.15, 0.2) is 48.6 Å². The first-order valence-electron chi connectivity index (χ1n) is 34.1. The average molecular weight is 1080 g/mol. The SMILES string of the molecule is CC/C=C\C/C=C\C/C=C\C/C=C\CCCCCCCCCCCCCCC(=O)OCC(COC(=O)CCCCCCCCCCCCCC)OC(=O)CCCCCCCCCCCCCCCCCCCCCCCC. The Morgan fingerprint density at radius 1 is 0.273 bits per heavy atom. The van der Waals surface area contributed by atoms with E-state index in [-0.39, 0.29) is 31.1 Å². The maximum atomic E-state index is 12.9. The first-order chi connectivity index (χ1) is 38.0. The molecule has 0 heterocycles. The van der Waals surface area contributed by atoms with Gasteiger partial charge in [-0.15, -0.1) is 0 Å². The van der Waals surface area contributed by atoms with Crippen molar-refractivity contribution in [1.82, 2.24) is 0 Å². The molecule has 1 unspecified atom stereocenters. The molecule has 450 valence electrons. The highest BCUT2D eigenvalue weighted by Crippen LogP contribution is 2.18. The molecule has 0 bridgehead atoms. The predicted molar refractivity (Wildman–Crippen MR) is 335 cm³/mol. The third-order valence-corrected chi connectivity index (χ3v) is 15.3. The van der Waals surface area contributed by atoms with Crippen LogP contribution in [-0.2, 0) is 28.6 Å². The zero-order valence-electron chi connectivity index (χ0n) is 51.7. The molecule has 0 aromatic carbocycles. The fourth-order valence-electron chi connectivity index (χ4n) is 10.3. The quantitative estimate of drug-likeness (QED) is 0.0261. The van der Waals surface area contributed by atoms with Crippen molar-refractivity contribution < 1.29 is 28.6 Å². The molecule has 0 rings (SSSR count). The Balaban J connectivity index is 4.23. The van der Waals surface area contributed by atoms with Gasteiger partial charge < -0.3 is 14.2 Å². The minimum absolute atomic E-state index is 0.0673. The standard InChI is InChI=1S/C71H130O6/c1-4-7-10-13-16-19-22-25-27-29-31-33-35-36-37-39-40-42-44-46-49-52-55-58-61-64-70(73)76-67-68(66-75-69(72)63-60-57-54-51-48-24-21-18-15-12-9-6-3)77-71(74)65-62-59-56-53-50-47-45-43-41-38-34-32-30-28-26-23-20-17-14-11-8-5-2/h7,10,16,19,25,27,31,33,68H,4-6,8-9,11-15,17-18,20-24,26,28-30,32,34-67H2,1-3H3/b10-7-,19-16-,27-25-,33-31-. The van der Waals surface area contributed by atoms with Crippen molar-refractivity contribution in [2.24, 2.45) is 0 Å². The van der Waals surface area contributed by atoms with Gasteiger partial charge in [0.1, 0.15) is 13.2 Å². The number of hydrogen-bond acceptors (Lipinski definition) is 6. The summed E-state index contributed by atoms with van der Waals surface area (Å²) in [5, 5.41) is 0. The van der Waals surface area contributed by atoms with Crippen molar-refractivity contribution in [3.05, 3.63) is 48.6 Å². The molecule has 1 atom stereocenters. The Kier molecular flexibility index (Phi) is 63.6. The Morgan fingerprint density at radius 2 is 0.506 bits per heavy atom. The predicted octanol–water partition coefficient (Wildman–Crippen LogP) is 23.3. The minimum Gasteiger partial charge on any atom is -0.462 e. The second-order valence-electron chi connectivity index (χ2n) is 23.1. The monoisotopic (exact) mass is 1080 g/mol. The van der Waals surface area contributed by atoms with Crippen LogP contribution in [0.2, 0.25) is 0 Å². The van der Waals surface area contributed by atoms with Crippen LogP contribution in [0, 0.1) is 0 Å². The van der Waals surface area contributed by atoms with Gasteiger partial charge in [-0.2, -0.15) is 0 Å². The highest BCUT2D eigenvalue weighted by molar-refractivity contribution is 5.71. The fourth-order valence-corrected chi connectivity index (χ4v) is 10.3. The third kappa shape index (κ3) is 64.1. The molecule has 77 heavy (non-hydrogen) atoms. The molecule has 0 radical (unpaired) electrons. The van der Waals surface area contributed by atoms with Gasteiger partial charge in [-0.1, -0.05) is 339 Å². The van der Waals surface area contributed by atoms with Crippen molar-refractivity contribution in [1.29, 1.82) is 0 Å². The van der Waals surface area contributed by atoms with Crippen LogP contribution in [-0.4, -0.2) is 37.2 Å². The van der Waals surface area contributed by atoms with E-state index in [1.54, 1.807) is 0 Å². The summed E-state index contributed by atoms with van der Waals surface area (Å²) >= 11 is 0. The van der Waals surface area contributed by atoms with Crippen LogP contribution in [0.4, 0.5) is 0 Å². The summed E-state index contributed by atoms with van der Waals surface area (Å²) in [5.41, 5.74) is 0. The highest BCUT2D eigenvalue weighted by Gasteiger charge is 2.19. The van der Waals surface area contributed by atoms with E-state index < -0.39 is 6.10 Å². The lowest BCUT2D eigenvalue weighted by molar-refractivity contribution is -0.167. The average Bonchev–Trinajstić information content (AvgIpc) is 3.43. The molecule has 0 aromatic heterocycles. The normalized spacial score (nSPS) is 12.3. The van der Waals surface area contributed by atoms with Gasteiger partial charge in [0.15, 0.2) is 6.10 Å². The summed E-state index contributed by atoms with van der Waals surface area (Å²) in [4.78, 5) is 38.4. The zero-order chi connectivity index (χ0) is 55.7. The number of hydrogen-bond donors (Lipinski definition) is 0. The summed E-state index contributed by atoms with van der Waals surface area (Å²) in [6.07, 6.45) is 82.8. The molecule has 0 spiro atoms. The molecule has 0 fully saturated rings. The maximum absolute atomic E-state index is 12.9. The van der Waals surface area contributed by atoms with E-state index in [0.717, 1.165) is 83.5 Å². The van der Waals surface area contributed by atoms with Crippen molar-refractivity contribution >= 4 is 17.9 Å². The number of allylic oxidation sites excluding steroid dienone is 8. The van der Waals surface area contributed by atoms with Gasteiger partial charge in [0.25, 0.3) is 0 Å². The zero-order valence-corrected chi connectivity index (χ0v) is 51.7. The molecule has 0 aliphatic carbocycles. The summed E-state index contributed by atoms with van der Waals surface area (Å²) in [7, 11) is 0. The van der Waals surface area contributed by atoms with Crippen LogP contribution in [0.5, 0.6) is 0 Å². The minimum atomic E-state index is -0.770. The lowest BCUT2D eigenvalue weighted by Gasteiger charge is -2.18. The van der Waals surface area contributed by atoms with E-state index in [1.807, 2.05) is 0 Å². The Labute approximate surface area is 479 Å². The van der Waals surface area contributed by atoms with Crippen molar-refractivity contribution in [3.63, 3.8) is 0 Å². The van der Waals surface area contributed by atoms with E-state index in [9.17, 15) is 14.4 Å². The van der Waals surface area contributed by atoms with Crippen LogP contribution in [0.25, 0.3) is 0 Å². The summed E-state index contributed by atoms with van der Waals surface area (Å²) in [5.74, 6) is -0.843. The second kappa shape index (κ2) is 65.9. The third-order valence-electron chi connectivity index (χ3n) is 15.3. The van der Waals surface area contributed by atoms with Crippen molar-refractivity contribution in [2.75, 3.05) is 13.2 Å². The van der Waals surface area contributed by atoms with Gasteiger partial charge in [0.2, 0.25) is 0 Å². The highest BCUT2D eigenvalue weighted by atomic mass is 16.6. The molecule has 0 amide bonds. The largest absolute Gasteiger partial charge is 0.462 e. The summed E-state index contributed by atoms with van der Waals surface area (Å²) in [6, 6.07) is 0. The Hall–Kier alpha value is -2.63. The van der Waals surface area contributed by atoms with E-state index in [4.69, 9.17) is 14.2 Å². The maximum Gasteiger partial charge on any atom is 0.306 e. The summed E-state index contributed by atoms with van der Waals surface area (Å²) < 4.78 is 17.0. The molecular formula is C71H130O6. The Morgan fingerprint density at radius 3 is 0.792 bits per heavy atom. The van der Waals surface area contributed by atoms with Gasteiger partial charge >= 0.3 is 17.9 Å². The number of rotatable bonds is 63. The molecule has 6 heteroatoms. The molecule has 0 aliphatic heterocycles. The molecule has 0 N–H and O–H groups in total. The molecule has 0 aromatic rings. The second-order valence-corrected chi connectivity index (χ2v) is 23.1. The number of ether oxygens (including phenoxy) is 3. The first-order valence-corrected chi connectivity index (χ1v) is 34.1. The van der Waals surface area contributed by atoms with E-state index in [0.29, 0.717) is 19.3 Å². The van der Waals surface area contributed by atoms with Gasteiger partial charge in [-0.05, 0) is 57.8 Å².